The number of rotatable bonds is 9. The van der Waals surface area contributed by atoms with Gasteiger partial charge >= 0.3 is 0 Å². The van der Waals surface area contributed by atoms with Crippen molar-refractivity contribution in [1.29, 1.82) is 0 Å². The second kappa shape index (κ2) is 10.5. The number of fused-ring (bicyclic) bond motifs is 2. The first-order chi connectivity index (χ1) is 16.6. The average Bonchev–Trinajstić information content (AvgIpc) is 3.43. The van der Waals surface area contributed by atoms with Crippen LogP contribution in [0.5, 0.6) is 0 Å². The van der Waals surface area contributed by atoms with Crippen molar-refractivity contribution in [3.63, 3.8) is 0 Å². The maximum atomic E-state index is 11.3. The van der Waals surface area contributed by atoms with Gasteiger partial charge in [-0.05, 0) is 109 Å². The third-order valence-electron chi connectivity index (χ3n) is 11.8. The molecule has 2 fully saturated rings. The molecule has 0 spiro atoms. The predicted molar refractivity (Wildman–Crippen MR) is 141 cm³/mol. The van der Waals surface area contributed by atoms with Crippen LogP contribution in [0.1, 0.15) is 91.3 Å². The molecular weight excluding hydrogens is 436 g/mol. The van der Waals surface area contributed by atoms with Crippen LogP contribution in [0.25, 0.3) is 0 Å². The number of hydrogen-bond donors (Lipinski definition) is 4. The lowest BCUT2D eigenvalue weighted by molar-refractivity contribution is -0.100. The van der Waals surface area contributed by atoms with E-state index in [2.05, 4.69) is 51.7 Å². The zero-order chi connectivity index (χ0) is 25.5. The van der Waals surface area contributed by atoms with E-state index in [1.54, 1.807) is 0 Å². The highest BCUT2D eigenvalue weighted by Crippen LogP contribution is 2.64. The van der Waals surface area contributed by atoms with E-state index in [0.717, 1.165) is 51.4 Å². The van der Waals surface area contributed by atoms with Crippen LogP contribution in [-0.2, 0) is 12.8 Å². The van der Waals surface area contributed by atoms with Gasteiger partial charge in [-0.2, -0.15) is 5.10 Å². The van der Waals surface area contributed by atoms with Gasteiger partial charge in [0.2, 0.25) is 0 Å². The molecule has 0 aromatic carbocycles. The van der Waals surface area contributed by atoms with Crippen molar-refractivity contribution in [2.24, 2.45) is 58.2 Å². The van der Waals surface area contributed by atoms with Crippen molar-refractivity contribution in [3.8, 4) is 0 Å². The number of hydrogen-bond acceptors (Lipinski definition) is 4. The summed E-state index contributed by atoms with van der Waals surface area (Å²) in [6.45, 7) is 14.4. The van der Waals surface area contributed by atoms with E-state index in [1.807, 2.05) is 6.20 Å². The third kappa shape index (κ3) is 4.63. The van der Waals surface area contributed by atoms with Gasteiger partial charge in [-0.3, -0.25) is 5.10 Å². The van der Waals surface area contributed by atoms with Crippen molar-refractivity contribution in [2.75, 3.05) is 13.2 Å². The molecule has 1 heterocycles. The lowest BCUT2D eigenvalue weighted by Gasteiger charge is -2.57. The first-order valence-electron chi connectivity index (χ1n) is 14.5. The molecule has 0 radical (unpaired) electrons. The molecule has 3 aliphatic carbocycles. The average molecular weight is 489 g/mol. The fraction of sp³-hybridized carbons (Fsp3) is 0.900. The first kappa shape index (κ1) is 27.1. The highest BCUT2D eigenvalue weighted by Gasteiger charge is 2.59. The molecular formula is C30H52N2O3. The van der Waals surface area contributed by atoms with Gasteiger partial charge in [0.15, 0.2) is 0 Å². The Morgan fingerprint density at radius 3 is 2.40 bits per heavy atom. The minimum atomic E-state index is -0.248. The Balaban J connectivity index is 1.54. The number of aliphatic hydroxyl groups is 3. The lowest BCUT2D eigenvalue weighted by atomic mass is 9.48. The fourth-order valence-electron chi connectivity index (χ4n) is 9.38. The zero-order valence-corrected chi connectivity index (χ0v) is 23.1. The quantitative estimate of drug-likeness (QED) is 0.382. The topological polar surface area (TPSA) is 89.4 Å². The maximum Gasteiger partial charge on any atom is 0.0571 e. The van der Waals surface area contributed by atoms with E-state index in [4.69, 9.17) is 0 Å². The van der Waals surface area contributed by atoms with E-state index in [-0.39, 0.29) is 47.9 Å². The number of aromatic nitrogens is 2. The number of H-pyrrole nitrogens is 1. The van der Waals surface area contributed by atoms with Crippen molar-refractivity contribution >= 4 is 0 Å². The summed E-state index contributed by atoms with van der Waals surface area (Å²) in [5.41, 5.74) is 2.61. The van der Waals surface area contributed by atoms with Gasteiger partial charge < -0.3 is 15.3 Å². The number of nitrogens with one attached hydrogen (secondary N) is 1. The molecule has 35 heavy (non-hydrogen) atoms. The van der Waals surface area contributed by atoms with Crippen molar-refractivity contribution < 1.29 is 15.3 Å². The predicted octanol–water partition coefficient (Wildman–Crippen LogP) is 5.24. The summed E-state index contributed by atoms with van der Waals surface area (Å²) in [6.07, 6.45) is 10.1. The van der Waals surface area contributed by atoms with Crippen LogP contribution in [0.15, 0.2) is 6.20 Å². The summed E-state index contributed by atoms with van der Waals surface area (Å²) < 4.78 is 0. The summed E-state index contributed by atoms with van der Waals surface area (Å²) in [5, 5.41) is 39.9. The molecule has 4 rings (SSSR count). The Morgan fingerprint density at radius 1 is 1.06 bits per heavy atom. The number of aromatic amines is 1. The van der Waals surface area contributed by atoms with Crippen LogP contribution in [0.3, 0.4) is 0 Å². The third-order valence-corrected chi connectivity index (χ3v) is 11.8. The molecule has 4 N–H and O–H groups in total. The lowest BCUT2D eigenvalue weighted by Crippen LogP contribution is -2.53. The van der Waals surface area contributed by atoms with Crippen LogP contribution in [0, 0.1) is 58.2 Å². The Bertz CT molecular complexity index is 839. The van der Waals surface area contributed by atoms with E-state index < -0.39 is 0 Å². The molecule has 0 amide bonds. The molecule has 0 bridgehead atoms. The van der Waals surface area contributed by atoms with Gasteiger partial charge in [0, 0.05) is 18.9 Å². The molecule has 3 unspecified atom stereocenters. The minimum absolute atomic E-state index is 0.0326. The highest BCUT2D eigenvalue weighted by molar-refractivity contribution is 5.25. The maximum absolute atomic E-state index is 11.3. The van der Waals surface area contributed by atoms with Crippen LogP contribution >= 0.6 is 0 Å². The monoisotopic (exact) mass is 488 g/mol. The molecule has 3 aliphatic rings. The molecule has 0 aliphatic heterocycles. The number of aliphatic hydroxyl groups excluding tert-OH is 3. The summed E-state index contributed by atoms with van der Waals surface area (Å²) >= 11 is 0. The van der Waals surface area contributed by atoms with Crippen LogP contribution in [0.4, 0.5) is 0 Å². The standard InChI is InChI=1S/C30H52N2O3/c1-7-20(18(2)3)12-28(35)19(4)24-8-9-25-23(17-34)26(10-11-29(24,25)5)30(6)14-21-15-31-32-27(21)13-22(30)16-33/h15,18-20,22-26,28,33-35H,7-14,16-17H2,1-6H3,(H,31,32)/t19?,20?,22-,23+,24-,25+,26+,28?,29-,30+/m1/s1. The van der Waals surface area contributed by atoms with Crippen LogP contribution < -0.4 is 0 Å². The van der Waals surface area contributed by atoms with Crippen molar-refractivity contribution in [3.05, 3.63) is 17.5 Å². The summed E-state index contributed by atoms with van der Waals surface area (Å²) in [6, 6.07) is 0. The number of nitrogens with zero attached hydrogens (tertiary/aromatic N) is 1. The van der Waals surface area contributed by atoms with Gasteiger partial charge in [-0.1, -0.05) is 48.0 Å². The van der Waals surface area contributed by atoms with Crippen molar-refractivity contribution in [2.45, 2.75) is 99.0 Å². The van der Waals surface area contributed by atoms with Gasteiger partial charge in [0.05, 0.1) is 12.3 Å². The molecule has 5 heteroatoms. The highest BCUT2D eigenvalue weighted by atomic mass is 16.3. The van der Waals surface area contributed by atoms with Gasteiger partial charge in [-0.25, -0.2) is 0 Å². The first-order valence-corrected chi connectivity index (χ1v) is 14.5. The summed E-state index contributed by atoms with van der Waals surface area (Å²) in [4.78, 5) is 0. The molecule has 5 nitrogen and oxygen atoms in total. The Hall–Kier alpha value is -0.910. The van der Waals surface area contributed by atoms with Gasteiger partial charge in [0.1, 0.15) is 0 Å². The normalized spacial score (nSPS) is 39.8. The van der Waals surface area contributed by atoms with Crippen molar-refractivity contribution in [1.82, 2.24) is 10.2 Å². The smallest absolute Gasteiger partial charge is 0.0571 e. The molecule has 10 atom stereocenters. The second-order valence-corrected chi connectivity index (χ2v) is 13.5. The minimum Gasteiger partial charge on any atom is -0.396 e. The van der Waals surface area contributed by atoms with E-state index in [9.17, 15) is 15.3 Å². The molecule has 2 saturated carbocycles. The molecule has 1 aromatic rings. The van der Waals surface area contributed by atoms with E-state index in [0.29, 0.717) is 29.6 Å². The largest absolute Gasteiger partial charge is 0.396 e. The molecule has 0 saturated heterocycles. The Kier molecular flexibility index (Phi) is 8.11. The Labute approximate surface area is 213 Å². The zero-order valence-electron chi connectivity index (χ0n) is 23.1. The molecule has 200 valence electrons. The summed E-state index contributed by atoms with van der Waals surface area (Å²) in [5.74, 6) is 3.32. The van der Waals surface area contributed by atoms with E-state index in [1.165, 1.54) is 11.3 Å². The SMILES string of the molecule is CCC(CC(O)C(C)[C@H]1CC[C@H]2[C@H](CO)[C@@H]([C@@]3(C)Cc4cn[nH]c4C[C@@H]3CO)CC[C@]12C)C(C)C. The molecule has 1 aromatic heterocycles. The Morgan fingerprint density at radius 2 is 1.77 bits per heavy atom. The second-order valence-electron chi connectivity index (χ2n) is 13.5. The van der Waals surface area contributed by atoms with Gasteiger partial charge in [0.25, 0.3) is 0 Å². The fourth-order valence-corrected chi connectivity index (χ4v) is 9.38. The van der Waals surface area contributed by atoms with Crippen LogP contribution in [0.2, 0.25) is 0 Å². The van der Waals surface area contributed by atoms with Gasteiger partial charge in [-0.15, -0.1) is 0 Å². The van der Waals surface area contributed by atoms with Crippen LogP contribution in [-0.4, -0.2) is 44.8 Å². The van der Waals surface area contributed by atoms with E-state index >= 15 is 0 Å². The summed E-state index contributed by atoms with van der Waals surface area (Å²) in [7, 11) is 0.